The van der Waals surface area contributed by atoms with Crippen molar-refractivity contribution in [3.63, 3.8) is 0 Å². The Morgan fingerprint density at radius 2 is 1.21 bits per heavy atom. The van der Waals surface area contributed by atoms with Crippen LogP contribution >= 0.6 is 11.6 Å². The molecule has 19 heavy (non-hydrogen) atoms. The van der Waals surface area contributed by atoms with Gasteiger partial charge < -0.3 is 9.47 Å². The van der Waals surface area contributed by atoms with Gasteiger partial charge in [0.05, 0.1) is 0 Å². The Labute approximate surface area is 114 Å². The van der Waals surface area contributed by atoms with Gasteiger partial charge in [0, 0.05) is 5.02 Å². The minimum Gasteiger partial charge on any atom is -0.418 e. The Morgan fingerprint density at radius 3 is 1.74 bits per heavy atom. The maximum absolute atomic E-state index is 11.5. The van der Waals surface area contributed by atoms with Crippen molar-refractivity contribution in [3.05, 3.63) is 59.6 Å². The van der Waals surface area contributed by atoms with Crippen molar-refractivity contribution in [1.29, 1.82) is 0 Å². The van der Waals surface area contributed by atoms with Gasteiger partial charge in [0.2, 0.25) is 0 Å². The second-order valence-electron chi connectivity index (χ2n) is 3.55. The molecule has 0 unspecified atom stereocenters. The number of rotatable bonds is 2. The van der Waals surface area contributed by atoms with Gasteiger partial charge in [-0.15, -0.1) is 0 Å². The molecular formula is C14H9ClO4. The molecule has 0 aromatic heterocycles. The molecule has 0 atom stereocenters. The molecule has 5 heteroatoms. The number of carbonyl (C=O) groups excluding carboxylic acids is 2. The lowest BCUT2D eigenvalue weighted by Gasteiger charge is -2.04. The van der Waals surface area contributed by atoms with Crippen LogP contribution < -0.4 is 9.47 Å². The number of para-hydroxylation sites is 1. The van der Waals surface area contributed by atoms with Gasteiger partial charge in [-0.3, -0.25) is 0 Å². The number of halogens is 1. The zero-order valence-electron chi connectivity index (χ0n) is 9.71. The molecule has 2 aromatic rings. The van der Waals surface area contributed by atoms with Crippen LogP contribution in [0.5, 0.6) is 11.5 Å². The molecule has 2 aromatic carbocycles. The van der Waals surface area contributed by atoms with Crippen molar-refractivity contribution >= 4 is 23.5 Å². The molecule has 0 aliphatic carbocycles. The van der Waals surface area contributed by atoms with Crippen LogP contribution in [0.15, 0.2) is 54.6 Å². The summed E-state index contributed by atoms with van der Waals surface area (Å²) >= 11 is 5.69. The van der Waals surface area contributed by atoms with Crippen molar-refractivity contribution in [1.82, 2.24) is 0 Å². The first-order valence-electron chi connectivity index (χ1n) is 5.40. The van der Waals surface area contributed by atoms with Gasteiger partial charge in [-0.1, -0.05) is 29.8 Å². The Bertz CT molecular complexity index is 578. The summed E-state index contributed by atoms with van der Waals surface area (Å²) in [6, 6.07) is 14.3. The van der Waals surface area contributed by atoms with E-state index in [0.717, 1.165) is 0 Å². The number of carbonyl (C=O) groups is 2. The second-order valence-corrected chi connectivity index (χ2v) is 3.98. The number of ether oxygens (including phenoxy) is 2. The van der Waals surface area contributed by atoms with E-state index < -0.39 is 11.9 Å². The van der Waals surface area contributed by atoms with Gasteiger partial charge in [0.25, 0.3) is 0 Å². The topological polar surface area (TPSA) is 52.6 Å². The first-order chi connectivity index (χ1) is 9.15. The Morgan fingerprint density at radius 1 is 0.737 bits per heavy atom. The number of hydrogen-bond donors (Lipinski definition) is 0. The van der Waals surface area contributed by atoms with E-state index in [1.165, 1.54) is 12.1 Å². The first-order valence-corrected chi connectivity index (χ1v) is 5.77. The van der Waals surface area contributed by atoms with E-state index in [-0.39, 0.29) is 11.5 Å². The highest BCUT2D eigenvalue weighted by Crippen LogP contribution is 2.16. The molecular weight excluding hydrogens is 268 g/mol. The highest BCUT2D eigenvalue weighted by molar-refractivity contribution is 6.31. The first kappa shape index (κ1) is 13.1. The molecule has 96 valence electrons. The quantitative estimate of drug-likeness (QED) is 0.481. The zero-order chi connectivity index (χ0) is 13.7. The van der Waals surface area contributed by atoms with Crippen LogP contribution in [0.1, 0.15) is 0 Å². The third kappa shape index (κ3) is 3.82. The van der Waals surface area contributed by atoms with Gasteiger partial charge >= 0.3 is 11.9 Å². The van der Waals surface area contributed by atoms with E-state index >= 15 is 0 Å². The van der Waals surface area contributed by atoms with E-state index in [4.69, 9.17) is 21.1 Å². The molecule has 0 spiro atoms. The maximum atomic E-state index is 11.5. The Balaban J connectivity index is 1.96. The monoisotopic (exact) mass is 276 g/mol. The molecule has 0 saturated heterocycles. The highest BCUT2D eigenvalue weighted by Gasteiger charge is 2.19. The van der Waals surface area contributed by atoms with E-state index in [1.807, 2.05) is 0 Å². The average molecular weight is 277 g/mol. The molecule has 0 bridgehead atoms. The van der Waals surface area contributed by atoms with E-state index in [2.05, 4.69) is 0 Å². The lowest BCUT2D eigenvalue weighted by molar-refractivity contribution is -0.156. The minimum atomic E-state index is -1.09. The lowest BCUT2D eigenvalue weighted by atomic mass is 10.3. The van der Waals surface area contributed by atoms with Gasteiger partial charge in [-0.2, -0.15) is 0 Å². The second kappa shape index (κ2) is 6.02. The van der Waals surface area contributed by atoms with Crippen molar-refractivity contribution in [2.24, 2.45) is 0 Å². The SMILES string of the molecule is O=C(Oc1ccccc1)C(=O)Oc1ccc(Cl)cc1. The van der Waals surface area contributed by atoms with Gasteiger partial charge in [-0.25, -0.2) is 9.59 Å². The predicted molar refractivity (Wildman–Crippen MR) is 69.2 cm³/mol. The zero-order valence-corrected chi connectivity index (χ0v) is 10.5. The van der Waals surface area contributed by atoms with Crippen molar-refractivity contribution in [3.8, 4) is 11.5 Å². The molecule has 0 heterocycles. The third-order valence-corrected chi connectivity index (χ3v) is 2.40. The predicted octanol–water partition coefficient (Wildman–Crippen LogP) is 2.85. The summed E-state index contributed by atoms with van der Waals surface area (Å²) in [4.78, 5) is 22.9. The summed E-state index contributed by atoms with van der Waals surface area (Å²) in [6.07, 6.45) is 0. The molecule has 0 fully saturated rings. The standard InChI is InChI=1S/C14H9ClO4/c15-10-6-8-12(9-7-10)19-14(17)13(16)18-11-4-2-1-3-5-11/h1-9H. The molecule has 2 rings (SSSR count). The van der Waals surface area contributed by atoms with Crippen LogP contribution in [0.3, 0.4) is 0 Å². The smallest absolute Gasteiger partial charge is 0.418 e. The molecule has 0 radical (unpaired) electrons. The highest BCUT2D eigenvalue weighted by atomic mass is 35.5. The van der Waals surface area contributed by atoms with Crippen LogP contribution in [-0.4, -0.2) is 11.9 Å². The van der Waals surface area contributed by atoms with E-state index in [1.54, 1.807) is 42.5 Å². The minimum absolute atomic E-state index is 0.222. The maximum Gasteiger partial charge on any atom is 0.423 e. The fraction of sp³-hybridized carbons (Fsp3) is 0. The van der Waals surface area contributed by atoms with E-state index in [9.17, 15) is 9.59 Å². The fourth-order valence-electron chi connectivity index (χ4n) is 1.29. The number of esters is 2. The lowest BCUT2D eigenvalue weighted by Crippen LogP contribution is -2.25. The van der Waals surface area contributed by atoms with Crippen LogP contribution in [0, 0.1) is 0 Å². The summed E-state index contributed by atoms with van der Waals surface area (Å²) in [5.41, 5.74) is 0. The summed E-state index contributed by atoms with van der Waals surface area (Å²) in [5.74, 6) is -1.67. The van der Waals surface area contributed by atoms with Crippen molar-refractivity contribution < 1.29 is 19.1 Å². The summed E-state index contributed by atoms with van der Waals surface area (Å²) < 4.78 is 9.66. The van der Waals surface area contributed by atoms with Gasteiger partial charge in [0.15, 0.2) is 0 Å². The Hall–Kier alpha value is -2.33. The van der Waals surface area contributed by atoms with E-state index in [0.29, 0.717) is 5.02 Å². The summed E-state index contributed by atoms with van der Waals surface area (Å²) in [7, 11) is 0. The van der Waals surface area contributed by atoms with Crippen LogP contribution in [-0.2, 0) is 9.59 Å². The Kier molecular flexibility index (Phi) is 4.15. The summed E-state index contributed by atoms with van der Waals surface area (Å²) in [6.45, 7) is 0. The van der Waals surface area contributed by atoms with Crippen LogP contribution in [0.25, 0.3) is 0 Å². The van der Waals surface area contributed by atoms with Gasteiger partial charge in [-0.05, 0) is 36.4 Å². The number of hydrogen-bond acceptors (Lipinski definition) is 4. The normalized spacial score (nSPS) is 9.74. The number of benzene rings is 2. The molecule has 0 aliphatic rings. The third-order valence-electron chi connectivity index (χ3n) is 2.14. The molecule has 0 amide bonds. The molecule has 0 saturated carbocycles. The van der Waals surface area contributed by atoms with Gasteiger partial charge in [0.1, 0.15) is 11.5 Å². The molecule has 4 nitrogen and oxygen atoms in total. The van der Waals surface area contributed by atoms with Crippen LogP contribution in [0.4, 0.5) is 0 Å². The largest absolute Gasteiger partial charge is 0.423 e. The molecule has 0 aliphatic heterocycles. The van der Waals surface area contributed by atoms with Crippen LogP contribution in [0.2, 0.25) is 5.02 Å². The molecule has 0 N–H and O–H groups in total. The fourth-order valence-corrected chi connectivity index (χ4v) is 1.41. The van der Waals surface area contributed by atoms with Crippen molar-refractivity contribution in [2.75, 3.05) is 0 Å². The van der Waals surface area contributed by atoms with Crippen molar-refractivity contribution in [2.45, 2.75) is 0 Å². The summed E-state index contributed by atoms with van der Waals surface area (Å²) in [5, 5.41) is 0.506. The average Bonchev–Trinajstić information content (AvgIpc) is 2.42.